The molecule has 0 unspecified atom stereocenters. The second kappa shape index (κ2) is 9.72. The smallest absolute Gasteiger partial charge is 0.191 e. The summed E-state index contributed by atoms with van der Waals surface area (Å²) < 4.78 is 5.64. The Kier molecular flexibility index (Phi) is 7.32. The van der Waals surface area contributed by atoms with Gasteiger partial charge in [-0.2, -0.15) is 0 Å². The second-order valence-corrected chi connectivity index (χ2v) is 8.87. The molecule has 2 N–H and O–H groups in total. The predicted molar refractivity (Wildman–Crippen MR) is 118 cm³/mol. The number of halogens is 1. The summed E-state index contributed by atoms with van der Waals surface area (Å²) in [7, 11) is 0. The maximum Gasteiger partial charge on any atom is 0.191 e. The zero-order chi connectivity index (χ0) is 20.0. The van der Waals surface area contributed by atoms with Crippen molar-refractivity contribution in [1.82, 2.24) is 15.6 Å². The van der Waals surface area contributed by atoms with Crippen molar-refractivity contribution in [2.24, 2.45) is 4.99 Å². The number of ether oxygens (including phenoxy) is 1. The van der Waals surface area contributed by atoms with E-state index < -0.39 is 0 Å². The minimum absolute atomic E-state index is 0.0544. The number of aryl methyl sites for hydroxylation is 2. The number of benzene rings is 1. The molecule has 1 aliphatic rings. The molecule has 0 bridgehead atoms. The van der Waals surface area contributed by atoms with Gasteiger partial charge in [-0.25, -0.2) is 9.98 Å². The van der Waals surface area contributed by atoms with E-state index in [1.54, 1.807) is 11.3 Å². The van der Waals surface area contributed by atoms with Crippen LogP contribution in [0.4, 0.5) is 0 Å². The van der Waals surface area contributed by atoms with Gasteiger partial charge in [-0.3, -0.25) is 0 Å². The number of guanidine groups is 1. The van der Waals surface area contributed by atoms with Crippen LogP contribution in [0.5, 0.6) is 0 Å². The van der Waals surface area contributed by atoms with E-state index >= 15 is 0 Å². The van der Waals surface area contributed by atoms with Crippen LogP contribution in [0, 0.1) is 13.8 Å². The first-order valence-electron chi connectivity index (χ1n) is 9.82. The van der Waals surface area contributed by atoms with Crippen LogP contribution in [0.15, 0.2) is 29.3 Å². The van der Waals surface area contributed by atoms with Crippen molar-refractivity contribution >= 4 is 28.9 Å². The van der Waals surface area contributed by atoms with Gasteiger partial charge < -0.3 is 15.4 Å². The molecule has 1 aromatic heterocycles. The molecular weight excluding hydrogens is 392 g/mol. The molecule has 2 aromatic rings. The van der Waals surface area contributed by atoms with E-state index in [0.29, 0.717) is 6.54 Å². The molecule has 3 rings (SSSR count). The van der Waals surface area contributed by atoms with Gasteiger partial charge in [0, 0.05) is 41.6 Å². The summed E-state index contributed by atoms with van der Waals surface area (Å²) in [5, 5.41) is 8.76. The molecule has 0 saturated carbocycles. The fourth-order valence-electron chi connectivity index (χ4n) is 3.54. The molecule has 152 valence electrons. The minimum atomic E-state index is -0.0544. The molecule has 0 atom stereocenters. The zero-order valence-corrected chi connectivity index (χ0v) is 18.4. The van der Waals surface area contributed by atoms with Gasteiger partial charge in [-0.15, -0.1) is 11.3 Å². The van der Waals surface area contributed by atoms with E-state index in [2.05, 4.69) is 41.6 Å². The third kappa shape index (κ3) is 5.04. The van der Waals surface area contributed by atoms with E-state index in [9.17, 15) is 0 Å². The van der Waals surface area contributed by atoms with Crippen LogP contribution in [-0.2, 0) is 16.7 Å². The van der Waals surface area contributed by atoms with Gasteiger partial charge in [-0.1, -0.05) is 29.8 Å². The molecule has 0 spiro atoms. The zero-order valence-electron chi connectivity index (χ0n) is 16.8. The third-order valence-electron chi connectivity index (χ3n) is 5.28. The Labute approximate surface area is 176 Å². The highest BCUT2D eigenvalue weighted by Gasteiger charge is 2.36. The van der Waals surface area contributed by atoms with Crippen molar-refractivity contribution in [3.8, 4) is 0 Å². The van der Waals surface area contributed by atoms with E-state index in [0.717, 1.165) is 60.8 Å². The lowest BCUT2D eigenvalue weighted by Crippen LogP contribution is -2.48. The lowest BCUT2D eigenvalue weighted by molar-refractivity contribution is 0.0514. The number of nitrogens with one attached hydrogen (secondary N) is 2. The highest BCUT2D eigenvalue weighted by atomic mass is 35.5. The summed E-state index contributed by atoms with van der Waals surface area (Å²) in [5.74, 6) is 0.811. The summed E-state index contributed by atoms with van der Waals surface area (Å²) >= 11 is 8.27. The minimum Gasteiger partial charge on any atom is -0.381 e. The fraction of sp³-hybridized carbons (Fsp3) is 0.524. The Morgan fingerprint density at radius 1 is 1.25 bits per heavy atom. The number of hydrogen-bond acceptors (Lipinski definition) is 4. The van der Waals surface area contributed by atoms with Crippen molar-refractivity contribution < 1.29 is 4.74 Å². The lowest BCUT2D eigenvalue weighted by Gasteiger charge is -2.38. The standard InChI is InChI=1S/C21H29ClN4OS/c1-4-23-20(24-13-19-26-15(2)16(3)28-19)25-14-21(9-11-27-12-10-21)17-7-5-6-8-18(17)22/h5-8H,4,9-14H2,1-3H3,(H2,23,24,25). The first-order chi connectivity index (χ1) is 13.5. The third-order valence-corrected chi connectivity index (χ3v) is 6.67. The highest BCUT2D eigenvalue weighted by molar-refractivity contribution is 7.11. The van der Waals surface area contributed by atoms with Crippen LogP contribution in [0.1, 0.15) is 40.9 Å². The van der Waals surface area contributed by atoms with Crippen LogP contribution < -0.4 is 10.6 Å². The molecule has 1 saturated heterocycles. The molecule has 7 heteroatoms. The summed E-state index contributed by atoms with van der Waals surface area (Å²) in [6, 6.07) is 8.15. The van der Waals surface area contributed by atoms with Crippen LogP contribution >= 0.6 is 22.9 Å². The molecular formula is C21H29ClN4OS. The van der Waals surface area contributed by atoms with Crippen molar-refractivity contribution in [3.63, 3.8) is 0 Å². The number of aliphatic imine (C=N–C) groups is 1. The van der Waals surface area contributed by atoms with Crippen LogP contribution in [0.25, 0.3) is 0 Å². The van der Waals surface area contributed by atoms with Gasteiger partial charge in [0.1, 0.15) is 5.01 Å². The molecule has 0 radical (unpaired) electrons. The van der Waals surface area contributed by atoms with Crippen LogP contribution in [0.3, 0.4) is 0 Å². The average molecular weight is 421 g/mol. The monoisotopic (exact) mass is 420 g/mol. The molecule has 5 nitrogen and oxygen atoms in total. The van der Waals surface area contributed by atoms with Gasteiger partial charge in [0.2, 0.25) is 0 Å². The van der Waals surface area contributed by atoms with E-state index in [-0.39, 0.29) is 5.41 Å². The van der Waals surface area contributed by atoms with Crippen molar-refractivity contribution in [3.05, 3.63) is 50.4 Å². The van der Waals surface area contributed by atoms with Crippen LogP contribution in [0.2, 0.25) is 5.02 Å². The van der Waals surface area contributed by atoms with Crippen LogP contribution in [-0.4, -0.2) is 37.2 Å². The molecule has 2 heterocycles. The summed E-state index contributed by atoms with van der Waals surface area (Å²) in [6.45, 7) is 9.87. The second-order valence-electron chi connectivity index (χ2n) is 7.17. The molecule has 1 fully saturated rings. The first kappa shape index (κ1) is 21.1. The van der Waals surface area contributed by atoms with Crippen molar-refractivity contribution in [2.75, 3.05) is 26.3 Å². The van der Waals surface area contributed by atoms with E-state index in [1.165, 1.54) is 10.4 Å². The van der Waals surface area contributed by atoms with E-state index in [1.807, 2.05) is 19.1 Å². The Morgan fingerprint density at radius 2 is 2.00 bits per heavy atom. The average Bonchev–Trinajstić information content (AvgIpc) is 3.02. The Morgan fingerprint density at radius 3 is 2.64 bits per heavy atom. The number of rotatable bonds is 6. The van der Waals surface area contributed by atoms with Gasteiger partial charge in [0.05, 0.1) is 12.2 Å². The largest absolute Gasteiger partial charge is 0.381 e. The van der Waals surface area contributed by atoms with E-state index in [4.69, 9.17) is 21.3 Å². The Balaban J connectivity index is 1.75. The maximum absolute atomic E-state index is 6.56. The quantitative estimate of drug-likeness (QED) is 0.542. The molecule has 0 aliphatic carbocycles. The van der Waals surface area contributed by atoms with Gasteiger partial charge >= 0.3 is 0 Å². The molecule has 0 amide bonds. The summed E-state index contributed by atoms with van der Waals surface area (Å²) in [6.07, 6.45) is 1.88. The SMILES string of the molecule is CCNC(=NCc1nc(C)c(C)s1)NCC1(c2ccccc2Cl)CCOCC1. The highest BCUT2D eigenvalue weighted by Crippen LogP contribution is 2.38. The van der Waals surface area contributed by atoms with Gasteiger partial charge in [0.15, 0.2) is 5.96 Å². The van der Waals surface area contributed by atoms with Gasteiger partial charge in [-0.05, 0) is 45.2 Å². The van der Waals surface area contributed by atoms with Crippen molar-refractivity contribution in [2.45, 2.75) is 45.6 Å². The number of nitrogens with zero attached hydrogens (tertiary/aromatic N) is 2. The summed E-state index contributed by atoms with van der Waals surface area (Å²) in [4.78, 5) is 10.6. The molecule has 1 aromatic carbocycles. The lowest BCUT2D eigenvalue weighted by atomic mass is 9.74. The Hall–Kier alpha value is -1.63. The fourth-order valence-corrected chi connectivity index (χ4v) is 4.74. The number of thiazole rings is 1. The summed E-state index contributed by atoms with van der Waals surface area (Å²) in [5.41, 5.74) is 2.23. The number of aromatic nitrogens is 1. The molecule has 28 heavy (non-hydrogen) atoms. The number of hydrogen-bond donors (Lipinski definition) is 2. The Bertz CT molecular complexity index is 795. The van der Waals surface area contributed by atoms with Crippen molar-refractivity contribution in [1.29, 1.82) is 0 Å². The maximum atomic E-state index is 6.56. The van der Waals surface area contributed by atoms with Gasteiger partial charge in [0.25, 0.3) is 0 Å². The topological polar surface area (TPSA) is 58.5 Å². The predicted octanol–water partition coefficient (Wildman–Crippen LogP) is 4.22. The molecule has 1 aliphatic heterocycles. The first-order valence-corrected chi connectivity index (χ1v) is 11.0. The normalized spacial score (nSPS) is 16.8.